The van der Waals surface area contributed by atoms with Gasteiger partial charge < -0.3 is 15.5 Å². The molecule has 0 radical (unpaired) electrons. The third-order valence-electron chi connectivity index (χ3n) is 4.01. The summed E-state index contributed by atoms with van der Waals surface area (Å²) in [6, 6.07) is 5.33. The van der Waals surface area contributed by atoms with Crippen LogP contribution in [0.1, 0.15) is 43.2 Å². The molecule has 4 nitrogen and oxygen atoms in total. The number of aliphatic imine (C=N–C) groups is 1. The minimum Gasteiger partial charge on any atom is -0.356 e. The summed E-state index contributed by atoms with van der Waals surface area (Å²) in [7, 11) is 5.83. The number of nitrogens with one attached hydrogen (secondary N) is 2. The Bertz CT molecular complexity index is 542. The van der Waals surface area contributed by atoms with Crippen molar-refractivity contribution in [1.82, 2.24) is 15.5 Å². The molecule has 1 rings (SSSR count). The van der Waals surface area contributed by atoms with E-state index >= 15 is 0 Å². The van der Waals surface area contributed by atoms with Gasteiger partial charge in [-0.25, -0.2) is 0 Å². The van der Waals surface area contributed by atoms with Gasteiger partial charge in [-0.05, 0) is 51.2 Å². The molecule has 0 amide bonds. The first-order valence-electron chi connectivity index (χ1n) is 9.08. The van der Waals surface area contributed by atoms with Crippen molar-refractivity contribution >= 4 is 5.96 Å². The summed E-state index contributed by atoms with van der Waals surface area (Å²) in [5, 5.41) is 6.26. The zero-order valence-corrected chi connectivity index (χ0v) is 16.0. The van der Waals surface area contributed by atoms with Gasteiger partial charge in [0.25, 0.3) is 0 Å². The van der Waals surface area contributed by atoms with Crippen molar-refractivity contribution in [3.63, 3.8) is 0 Å². The van der Waals surface area contributed by atoms with Crippen LogP contribution in [0.4, 0.5) is 13.2 Å². The minimum atomic E-state index is -4.32. The third-order valence-corrected chi connectivity index (χ3v) is 4.01. The second kappa shape index (κ2) is 11.8. The highest BCUT2D eigenvalue weighted by Crippen LogP contribution is 2.29. The Morgan fingerprint density at radius 3 is 2.38 bits per heavy atom. The Hall–Kier alpha value is -1.76. The summed E-state index contributed by atoms with van der Waals surface area (Å²) in [4.78, 5) is 6.30. The molecule has 0 saturated carbocycles. The standard InChI is InChI=1S/C19H31F3N4/c1-23-18(24-12-7-5-4-6-8-13-26(2)3)25-15-16-10-9-11-17(14-16)19(20,21)22/h9-11,14H,4-8,12-13,15H2,1-3H3,(H2,23,24,25). The molecule has 0 saturated heterocycles. The molecular formula is C19H31F3N4. The van der Waals surface area contributed by atoms with Crippen LogP contribution in [-0.4, -0.2) is 45.1 Å². The average molecular weight is 372 g/mol. The number of nitrogens with zero attached hydrogens (tertiary/aromatic N) is 2. The molecule has 0 aromatic heterocycles. The number of guanidine groups is 1. The van der Waals surface area contributed by atoms with Gasteiger partial charge in [-0.3, -0.25) is 4.99 Å². The van der Waals surface area contributed by atoms with Crippen LogP contribution in [0, 0.1) is 0 Å². The van der Waals surface area contributed by atoms with Gasteiger partial charge in [0.2, 0.25) is 0 Å². The summed E-state index contributed by atoms with van der Waals surface area (Å²) in [5.74, 6) is 0.606. The van der Waals surface area contributed by atoms with Crippen LogP contribution in [0.2, 0.25) is 0 Å². The summed E-state index contributed by atoms with van der Waals surface area (Å²) >= 11 is 0. The Kier molecular flexibility index (Phi) is 10.1. The SMILES string of the molecule is CN=C(NCCCCCCCN(C)C)NCc1cccc(C(F)(F)F)c1. The lowest BCUT2D eigenvalue weighted by Crippen LogP contribution is -2.37. The monoisotopic (exact) mass is 372 g/mol. The van der Waals surface area contributed by atoms with Crippen molar-refractivity contribution in [2.45, 2.75) is 44.8 Å². The molecule has 7 heteroatoms. The fraction of sp³-hybridized carbons (Fsp3) is 0.632. The molecule has 2 N–H and O–H groups in total. The van der Waals surface area contributed by atoms with Crippen molar-refractivity contribution in [3.8, 4) is 0 Å². The van der Waals surface area contributed by atoms with Crippen molar-refractivity contribution in [3.05, 3.63) is 35.4 Å². The summed E-state index contributed by atoms with van der Waals surface area (Å²) in [5.41, 5.74) is -0.0577. The van der Waals surface area contributed by atoms with Gasteiger partial charge in [-0.2, -0.15) is 13.2 Å². The van der Waals surface area contributed by atoms with E-state index in [0.717, 1.165) is 38.1 Å². The first-order valence-corrected chi connectivity index (χ1v) is 9.08. The maximum Gasteiger partial charge on any atom is 0.416 e. The van der Waals surface area contributed by atoms with Gasteiger partial charge in [0.1, 0.15) is 0 Å². The zero-order valence-electron chi connectivity index (χ0n) is 16.0. The summed E-state index contributed by atoms with van der Waals surface area (Å²) in [6.45, 7) is 2.23. The van der Waals surface area contributed by atoms with Crippen LogP contribution in [0.3, 0.4) is 0 Å². The third kappa shape index (κ3) is 9.65. The van der Waals surface area contributed by atoms with Gasteiger partial charge in [-0.1, -0.05) is 31.4 Å². The van der Waals surface area contributed by atoms with Gasteiger partial charge >= 0.3 is 6.18 Å². The predicted molar refractivity (Wildman–Crippen MR) is 101 cm³/mol. The van der Waals surface area contributed by atoms with Crippen LogP contribution < -0.4 is 10.6 Å². The topological polar surface area (TPSA) is 39.7 Å². The first-order chi connectivity index (χ1) is 12.3. The Balaban J connectivity index is 2.23. The van der Waals surface area contributed by atoms with Crippen LogP contribution in [0.5, 0.6) is 0 Å². The predicted octanol–water partition coefficient (Wildman–Crippen LogP) is 3.88. The molecule has 0 aliphatic carbocycles. The maximum absolute atomic E-state index is 12.7. The van der Waals surface area contributed by atoms with Crippen molar-refractivity contribution in [2.24, 2.45) is 4.99 Å². The molecular weight excluding hydrogens is 341 g/mol. The fourth-order valence-electron chi connectivity index (χ4n) is 2.55. The van der Waals surface area contributed by atoms with Crippen molar-refractivity contribution in [2.75, 3.05) is 34.2 Å². The smallest absolute Gasteiger partial charge is 0.356 e. The second-order valence-electron chi connectivity index (χ2n) is 6.62. The Labute approximate surface area is 154 Å². The normalized spacial score (nSPS) is 12.5. The average Bonchev–Trinajstić information content (AvgIpc) is 2.59. The molecule has 1 aromatic rings. The van der Waals surface area contributed by atoms with E-state index < -0.39 is 11.7 Å². The summed E-state index contributed by atoms with van der Waals surface area (Å²) in [6.07, 6.45) is 1.56. The van der Waals surface area contributed by atoms with Gasteiger partial charge in [0.05, 0.1) is 5.56 Å². The molecule has 0 unspecified atom stereocenters. The molecule has 148 valence electrons. The second-order valence-corrected chi connectivity index (χ2v) is 6.62. The first kappa shape index (κ1) is 22.3. The van der Waals surface area contributed by atoms with Gasteiger partial charge in [-0.15, -0.1) is 0 Å². The van der Waals surface area contributed by atoms with Crippen LogP contribution >= 0.6 is 0 Å². The highest BCUT2D eigenvalue weighted by molar-refractivity contribution is 5.79. The lowest BCUT2D eigenvalue weighted by Gasteiger charge is -2.13. The van der Waals surface area contributed by atoms with Gasteiger partial charge in [0, 0.05) is 20.1 Å². The molecule has 0 aliphatic heterocycles. The van der Waals surface area contributed by atoms with E-state index in [4.69, 9.17) is 0 Å². The van der Waals surface area contributed by atoms with Crippen molar-refractivity contribution in [1.29, 1.82) is 0 Å². The molecule has 0 fully saturated rings. The number of halogens is 3. The quantitative estimate of drug-likeness (QED) is 0.372. The number of alkyl halides is 3. The molecule has 0 bridgehead atoms. The Morgan fingerprint density at radius 2 is 1.73 bits per heavy atom. The van der Waals surface area contributed by atoms with E-state index in [1.165, 1.54) is 25.3 Å². The fourth-order valence-corrected chi connectivity index (χ4v) is 2.55. The lowest BCUT2D eigenvalue weighted by molar-refractivity contribution is -0.137. The minimum absolute atomic E-state index is 0.300. The van der Waals surface area contributed by atoms with Gasteiger partial charge in [0.15, 0.2) is 5.96 Å². The van der Waals surface area contributed by atoms with Crippen molar-refractivity contribution < 1.29 is 13.2 Å². The van der Waals surface area contributed by atoms with E-state index in [1.807, 2.05) is 0 Å². The zero-order chi connectivity index (χ0) is 19.4. The number of hydrogen-bond acceptors (Lipinski definition) is 2. The van der Waals surface area contributed by atoms with E-state index in [9.17, 15) is 13.2 Å². The number of unbranched alkanes of at least 4 members (excludes halogenated alkanes) is 4. The van der Waals surface area contributed by atoms with E-state index in [2.05, 4.69) is 34.6 Å². The van der Waals surface area contributed by atoms with E-state index in [1.54, 1.807) is 13.1 Å². The molecule has 0 aliphatic rings. The van der Waals surface area contributed by atoms with Crippen LogP contribution in [0.25, 0.3) is 0 Å². The highest BCUT2D eigenvalue weighted by atomic mass is 19.4. The largest absolute Gasteiger partial charge is 0.416 e. The van der Waals surface area contributed by atoms with Crippen LogP contribution in [-0.2, 0) is 12.7 Å². The molecule has 0 spiro atoms. The number of benzene rings is 1. The molecule has 26 heavy (non-hydrogen) atoms. The maximum atomic E-state index is 12.7. The van der Waals surface area contributed by atoms with E-state index in [0.29, 0.717) is 18.1 Å². The molecule has 1 aromatic carbocycles. The number of hydrogen-bond donors (Lipinski definition) is 2. The summed E-state index contributed by atoms with van der Waals surface area (Å²) < 4.78 is 38.2. The lowest BCUT2D eigenvalue weighted by atomic mass is 10.1. The van der Waals surface area contributed by atoms with Crippen LogP contribution in [0.15, 0.2) is 29.3 Å². The van der Waals surface area contributed by atoms with E-state index in [-0.39, 0.29) is 0 Å². The number of rotatable bonds is 10. The highest BCUT2D eigenvalue weighted by Gasteiger charge is 2.30. The Morgan fingerprint density at radius 1 is 1.04 bits per heavy atom. The molecule has 0 atom stereocenters. The molecule has 0 heterocycles.